The monoisotopic (exact) mass is 330 g/mol. The number of carbonyl (C=O) groups excluding carboxylic acids is 3. The van der Waals surface area contributed by atoms with Crippen LogP contribution in [0.4, 0.5) is 0 Å². The molecule has 4 aliphatic rings. The average Bonchev–Trinajstić information content (AvgIpc) is 2.76. The summed E-state index contributed by atoms with van der Waals surface area (Å²) >= 11 is 0. The van der Waals surface area contributed by atoms with Crippen molar-refractivity contribution in [1.29, 1.82) is 0 Å². The maximum atomic E-state index is 13.2. The highest BCUT2D eigenvalue weighted by atomic mass is 16.3. The smallest absolute Gasteiger partial charge is 0.155 e. The Morgan fingerprint density at radius 2 is 1.71 bits per heavy atom. The van der Waals surface area contributed by atoms with Crippen LogP contribution in [0.3, 0.4) is 0 Å². The van der Waals surface area contributed by atoms with Gasteiger partial charge in [-0.25, -0.2) is 0 Å². The molecule has 0 aliphatic heterocycles. The van der Waals surface area contributed by atoms with Gasteiger partial charge in [-0.05, 0) is 56.9 Å². The molecule has 4 rings (SSSR count). The van der Waals surface area contributed by atoms with Gasteiger partial charge in [0.2, 0.25) is 0 Å². The average molecular weight is 330 g/mol. The van der Waals surface area contributed by atoms with Crippen LogP contribution in [0.25, 0.3) is 0 Å². The summed E-state index contributed by atoms with van der Waals surface area (Å²) in [6, 6.07) is 0. The molecule has 0 spiro atoms. The van der Waals surface area contributed by atoms with Gasteiger partial charge in [0.25, 0.3) is 0 Å². The third-order valence-corrected chi connectivity index (χ3v) is 8.39. The molecular formula is C20H26O4. The van der Waals surface area contributed by atoms with Crippen molar-refractivity contribution >= 4 is 17.3 Å². The Bertz CT molecular complexity index is 706. The fourth-order valence-electron chi connectivity index (χ4n) is 6.63. The maximum absolute atomic E-state index is 13.2. The fraction of sp³-hybridized carbons (Fsp3) is 0.750. The van der Waals surface area contributed by atoms with E-state index in [0.717, 1.165) is 18.4 Å². The van der Waals surface area contributed by atoms with Crippen molar-refractivity contribution in [3.63, 3.8) is 0 Å². The highest BCUT2D eigenvalue weighted by Gasteiger charge is 2.74. The van der Waals surface area contributed by atoms with Crippen LogP contribution in [-0.2, 0) is 14.4 Å². The minimum Gasteiger partial charge on any atom is -0.388 e. The topological polar surface area (TPSA) is 71.4 Å². The quantitative estimate of drug-likeness (QED) is 0.741. The predicted octanol–water partition coefficient (Wildman–Crippen LogP) is 2.77. The molecule has 0 aromatic heterocycles. The van der Waals surface area contributed by atoms with Crippen LogP contribution in [0.15, 0.2) is 11.6 Å². The highest BCUT2D eigenvalue weighted by Crippen LogP contribution is 2.70. The molecule has 3 fully saturated rings. The molecule has 130 valence electrons. The van der Waals surface area contributed by atoms with Crippen LogP contribution in [0.1, 0.15) is 65.7 Å². The number of Topliss-reactive ketones (excluding diaryl/α,β-unsaturated/α-hetero) is 2. The third-order valence-electron chi connectivity index (χ3n) is 8.39. The van der Waals surface area contributed by atoms with Gasteiger partial charge < -0.3 is 5.11 Å². The lowest BCUT2D eigenvalue weighted by Gasteiger charge is -2.64. The van der Waals surface area contributed by atoms with E-state index in [1.807, 2.05) is 13.8 Å². The molecule has 0 unspecified atom stereocenters. The molecule has 0 aromatic rings. The van der Waals surface area contributed by atoms with Gasteiger partial charge in [0.1, 0.15) is 11.6 Å². The molecule has 4 nitrogen and oxygen atoms in total. The zero-order chi connectivity index (χ0) is 17.5. The van der Waals surface area contributed by atoms with Crippen LogP contribution in [0.2, 0.25) is 0 Å². The minimum absolute atomic E-state index is 0.00502. The summed E-state index contributed by atoms with van der Waals surface area (Å²) in [5.41, 5.74) is -2.25. The SMILES string of the molecule is C[C@]12CCC(=O)C=C1CC(=O)[C@]1(C)[C@@H]2CC[C@]2(C)C(=O)CC[C@]21O. The zero-order valence-corrected chi connectivity index (χ0v) is 14.8. The van der Waals surface area contributed by atoms with Crippen LogP contribution in [0.5, 0.6) is 0 Å². The number of hydrogen-bond acceptors (Lipinski definition) is 4. The summed E-state index contributed by atoms with van der Waals surface area (Å²) in [6.45, 7) is 5.91. The molecule has 0 aromatic carbocycles. The predicted molar refractivity (Wildman–Crippen MR) is 88.2 cm³/mol. The molecule has 1 N–H and O–H groups in total. The second-order valence-corrected chi connectivity index (χ2v) is 9.06. The summed E-state index contributed by atoms with van der Waals surface area (Å²) in [7, 11) is 0. The van der Waals surface area contributed by atoms with Crippen molar-refractivity contribution in [2.75, 3.05) is 0 Å². The Morgan fingerprint density at radius 3 is 2.42 bits per heavy atom. The highest BCUT2D eigenvalue weighted by molar-refractivity contribution is 5.98. The molecule has 4 heteroatoms. The summed E-state index contributed by atoms with van der Waals surface area (Å²) in [5, 5.41) is 11.7. The first-order valence-corrected chi connectivity index (χ1v) is 9.12. The van der Waals surface area contributed by atoms with Gasteiger partial charge in [0.15, 0.2) is 5.78 Å². The molecule has 0 amide bonds. The van der Waals surface area contributed by atoms with E-state index in [9.17, 15) is 19.5 Å². The number of hydrogen-bond donors (Lipinski definition) is 1. The van der Waals surface area contributed by atoms with Gasteiger partial charge in [0, 0.05) is 19.3 Å². The Labute approximate surface area is 142 Å². The zero-order valence-electron chi connectivity index (χ0n) is 14.8. The summed E-state index contributed by atoms with van der Waals surface area (Å²) < 4.78 is 0. The van der Waals surface area contributed by atoms with Crippen molar-refractivity contribution in [3.8, 4) is 0 Å². The van der Waals surface area contributed by atoms with Crippen molar-refractivity contribution in [3.05, 3.63) is 11.6 Å². The van der Waals surface area contributed by atoms with E-state index in [2.05, 4.69) is 6.92 Å². The van der Waals surface area contributed by atoms with E-state index >= 15 is 0 Å². The van der Waals surface area contributed by atoms with Crippen molar-refractivity contribution in [2.45, 2.75) is 71.3 Å². The first kappa shape index (κ1) is 16.2. The number of fused-ring (bicyclic) bond motifs is 5. The Kier molecular flexibility index (Phi) is 3.01. The molecule has 0 heterocycles. The maximum Gasteiger partial charge on any atom is 0.155 e. The van der Waals surface area contributed by atoms with Crippen molar-refractivity contribution in [2.24, 2.45) is 22.2 Å². The van der Waals surface area contributed by atoms with Gasteiger partial charge >= 0.3 is 0 Å². The lowest BCUT2D eigenvalue weighted by atomic mass is 9.39. The van der Waals surface area contributed by atoms with Gasteiger partial charge in [-0.1, -0.05) is 12.5 Å². The molecule has 3 saturated carbocycles. The van der Waals surface area contributed by atoms with Gasteiger partial charge in [-0.2, -0.15) is 0 Å². The minimum atomic E-state index is -1.26. The van der Waals surface area contributed by atoms with Crippen LogP contribution >= 0.6 is 0 Å². The first-order chi connectivity index (χ1) is 11.1. The largest absolute Gasteiger partial charge is 0.388 e. The lowest BCUT2D eigenvalue weighted by Crippen LogP contribution is -2.69. The van der Waals surface area contributed by atoms with Crippen LogP contribution < -0.4 is 0 Å². The second-order valence-electron chi connectivity index (χ2n) is 9.06. The Hall–Kier alpha value is -1.29. The fourth-order valence-corrected chi connectivity index (χ4v) is 6.63. The number of ketones is 3. The molecule has 0 bridgehead atoms. The van der Waals surface area contributed by atoms with E-state index < -0.39 is 16.4 Å². The number of carbonyl (C=O) groups is 3. The summed E-state index contributed by atoms with van der Waals surface area (Å²) in [5.74, 6) is 0.209. The summed E-state index contributed by atoms with van der Waals surface area (Å²) in [4.78, 5) is 37.6. The molecular weight excluding hydrogens is 304 g/mol. The van der Waals surface area contributed by atoms with E-state index in [1.54, 1.807) is 6.08 Å². The van der Waals surface area contributed by atoms with E-state index in [0.29, 0.717) is 25.7 Å². The lowest BCUT2D eigenvalue weighted by molar-refractivity contribution is -0.216. The third kappa shape index (κ3) is 1.52. The van der Waals surface area contributed by atoms with E-state index in [1.165, 1.54) is 0 Å². The second kappa shape index (κ2) is 4.46. The van der Waals surface area contributed by atoms with Gasteiger partial charge in [0.05, 0.1) is 16.4 Å². The van der Waals surface area contributed by atoms with Crippen LogP contribution in [-0.4, -0.2) is 28.1 Å². The van der Waals surface area contributed by atoms with Gasteiger partial charge in [-0.3, -0.25) is 14.4 Å². The van der Waals surface area contributed by atoms with E-state index in [-0.39, 0.29) is 35.1 Å². The van der Waals surface area contributed by atoms with Crippen molar-refractivity contribution in [1.82, 2.24) is 0 Å². The molecule has 5 atom stereocenters. The normalized spacial score (nSPS) is 50.9. The van der Waals surface area contributed by atoms with Gasteiger partial charge in [-0.15, -0.1) is 0 Å². The number of allylic oxidation sites excluding steroid dienone is 1. The number of rotatable bonds is 0. The summed E-state index contributed by atoms with van der Waals surface area (Å²) in [6.07, 6.45) is 5.30. The number of aliphatic hydroxyl groups is 1. The standard InChI is InChI=1S/C20H26O4/c1-17-7-4-13(21)10-12(17)11-16(23)19(3)14(17)5-8-18(2)15(22)6-9-20(18,19)24/h10,14,24H,4-9,11H2,1-3H3/t14-,17+,18-,19+,20+/m1/s1. The van der Waals surface area contributed by atoms with Crippen LogP contribution in [0, 0.1) is 22.2 Å². The molecule has 4 aliphatic carbocycles. The van der Waals surface area contributed by atoms with Crippen molar-refractivity contribution < 1.29 is 19.5 Å². The molecule has 24 heavy (non-hydrogen) atoms. The Balaban J connectivity index is 1.90. The first-order valence-electron chi connectivity index (χ1n) is 9.12. The van der Waals surface area contributed by atoms with E-state index in [4.69, 9.17) is 0 Å². The molecule has 0 saturated heterocycles. The Morgan fingerprint density at radius 1 is 1.00 bits per heavy atom. The molecule has 0 radical (unpaired) electrons.